The van der Waals surface area contributed by atoms with Crippen LogP contribution in [0.4, 0.5) is 19.3 Å². The quantitative estimate of drug-likeness (QED) is 0.886. The van der Waals surface area contributed by atoms with Gasteiger partial charge in [-0.15, -0.1) is 0 Å². The molecule has 2 N–H and O–H groups in total. The predicted molar refractivity (Wildman–Crippen MR) is 66.9 cm³/mol. The van der Waals surface area contributed by atoms with Gasteiger partial charge in [0.05, 0.1) is 0 Å². The standard InChI is InChI=1S/C13H16F2N2O2/c14-10-2-1-3-11(15)12(10)17-13(18)16-8-9-4-6-19-7-5-9/h1-3,9H,4-8H2,(H2,16,17,18). The number of anilines is 1. The number of nitrogens with one attached hydrogen (secondary N) is 2. The van der Waals surface area contributed by atoms with Crippen molar-refractivity contribution in [1.29, 1.82) is 0 Å². The van der Waals surface area contributed by atoms with E-state index in [1.54, 1.807) is 0 Å². The lowest BCUT2D eigenvalue weighted by atomic mass is 10.0. The Kier molecular flexibility index (Phi) is 4.68. The van der Waals surface area contributed by atoms with Crippen LogP contribution in [0.25, 0.3) is 0 Å². The average molecular weight is 270 g/mol. The second kappa shape index (κ2) is 6.47. The molecule has 0 spiro atoms. The van der Waals surface area contributed by atoms with E-state index in [1.807, 2.05) is 0 Å². The molecule has 0 atom stereocenters. The Morgan fingerprint density at radius 2 is 1.89 bits per heavy atom. The molecule has 2 amide bonds. The lowest BCUT2D eigenvalue weighted by molar-refractivity contribution is 0.0671. The van der Waals surface area contributed by atoms with Gasteiger partial charge in [-0.25, -0.2) is 13.6 Å². The maximum Gasteiger partial charge on any atom is 0.319 e. The van der Waals surface area contributed by atoms with E-state index in [2.05, 4.69) is 10.6 Å². The molecule has 1 saturated heterocycles. The molecule has 0 radical (unpaired) electrons. The van der Waals surface area contributed by atoms with Gasteiger partial charge in [0.1, 0.15) is 17.3 Å². The van der Waals surface area contributed by atoms with E-state index in [0.717, 1.165) is 25.0 Å². The largest absolute Gasteiger partial charge is 0.381 e. The number of benzene rings is 1. The third-order valence-corrected chi connectivity index (χ3v) is 3.09. The Morgan fingerprint density at radius 1 is 1.26 bits per heavy atom. The Labute approximate surface area is 110 Å². The number of hydrogen-bond acceptors (Lipinski definition) is 2. The molecule has 0 aliphatic carbocycles. The fourth-order valence-electron chi connectivity index (χ4n) is 1.96. The van der Waals surface area contributed by atoms with E-state index in [0.29, 0.717) is 25.7 Å². The fraction of sp³-hybridized carbons (Fsp3) is 0.462. The van der Waals surface area contributed by atoms with Gasteiger partial charge in [-0.2, -0.15) is 0 Å². The topological polar surface area (TPSA) is 50.4 Å². The summed E-state index contributed by atoms with van der Waals surface area (Å²) < 4.78 is 31.8. The van der Waals surface area contributed by atoms with Gasteiger partial charge in [-0.1, -0.05) is 6.07 Å². The molecule has 0 saturated carbocycles. The Bertz CT molecular complexity index is 428. The molecule has 1 aliphatic rings. The summed E-state index contributed by atoms with van der Waals surface area (Å²) in [5.41, 5.74) is -0.424. The second-order valence-corrected chi connectivity index (χ2v) is 4.49. The lowest BCUT2D eigenvalue weighted by Crippen LogP contribution is -2.35. The molecule has 0 aromatic heterocycles. The number of carbonyl (C=O) groups excluding carboxylic acids is 1. The number of carbonyl (C=O) groups is 1. The first kappa shape index (κ1) is 13.7. The summed E-state index contributed by atoms with van der Waals surface area (Å²) in [4.78, 5) is 11.6. The molecule has 2 rings (SSSR count). The van der Waals surface area contributed by atoms with Gasteiger partial charge in [0.15, 0.2) is 0 Å². The van der Waals surface area contributed by atoms with E-state index >= 15 is 0 Å². The summed E-state index contributed by atoms with van der Waals surface area (Å²) in [5, 5.41) is 4.80. The summed E-state index contributed by atoms with van der Waals surface area (Å²) in [7, 11) is 0. The van der Waals surface area contributed by atoms with Gasteiger partial charge < -0.3 is 15.4 Å². The molecule has 1 aromatic carbocycles. The molecule has 1 aliphatic heterocycles. The van der Waals surface area contributed by atoms with E-state index in [9.17, 15) is 13.6 Å². The number of rotatable bonds is 3. The fourth-order valence-corrected chi connectivity index (χ4v) is 1.96. The number of para-hydroxylation sites is 1. The SMILES string of the molecule is O=C(NCC1CCOCC1)Nc1c(F)cccc1F. The van der Waals surface area contributed by atoms with Crippen LogP contribution in [0.15, 0.2) is 18.2 Å². The van der Waals surface area contributed by atoms with Crippen LogP contribution in [0.1, 0.15) is 12.8 Å². The van der Waals surface area contributed by atoms with E-state index in [-0.39, 0.29) is 0 Å². The molecule has 4 nitrogen and oxygen atoms in total. The van der Waals surface area contributed by atoms with Crippen molar-refractivity contribution in [1.82, 2.24) is 5.32 Å². The van der Waals surface area contributed by atoms with Crippen molar-refractivity contribution in [2.24, 2.45) is 5.92 Å². The summed E-state index contributed by atoms with van der Waals surface area (Å²) >= 11 is 0. The lowest BCUT2D eigenvalue weighted by Gasteiger charge is -2.22. The monoisotopic (exact) mass is 270 g/mol. The molecule has 1 heterocycles. The third-order valence-electron chi connectivity index (χ3n) is 3.09. The summed E-state index contributed by atoms with van der Waals surface area (Å²) in [6.45, 7) is 1.86. The number of amides is 2. The van der Waals surface area contributed by atoms with Crippen LogP contribution >= 0.6 is 0 Å². The maximum absolute atomic E-state index is 13.3. The summed E-state index contributed by atoms with van der Waals surface area (Å²) in [6, 6.07) is 2.83. The molecule has 6 heteroatoms. The Balaban J connectivity index is 1.83. The van der Waals surface area contributed by atoms with Crippen LogP contribution in [-0.2, 0) is 4.74 Å². The van der Waals surface area contributed by atoms with Crippen LogP contribution in [0.5, 0.6) is 0 Å². The highest BCUT2D eigenvalue weighted by atomic mass is 19.1. The number of ether oxygens (including phenoxy) is 1. The van der Waals surface area contributed by atoms with Gasteiger partial charge in [0.2, 0.25) is 0 Å². The van der Waals surface area contributed by atoms with Crippen molar-refractivity contribution in [2.75, 3.05) is 25.1 Å². The molecule has 1 aromatic rings. The molecule has 1 fully saturated rings. The van der Waals surface area contributed by atoms with Crippen LogP contribution in [0, 0.1) is 17.6 Å². The van der Waals surface area contributed by atoms with Crippen molar-refractivity contribution in [2.45, 2.75) is 12.8 Å². The second-order valence-electron chi connectivity index (χ2n) is 4.49. The van der Waals surface area contributed by atoms with Crippen LogP contribution in [-0.4, -0.2) is 25.8 Å². The summed E-state index contributed by atoms with van der Waals surface area (Å²) in [5.74, 6) is -1.23. The molecule has 104 valence electrons. The first-order valence-corrected chi connectivity index (χ1v) is 6.23. The minimum absolute atomic E-state index is 0.352. The van der Waals surface area contributed by atoms with E-state index in [1.165, 1.54) is 6.07 Å². The maximum atomic E-state index is 13.3. The zero-order valence-corrected chi connectivity index (χ0v) is 10.4. The molecule has 0 bridgehead atoms. The Morgan fingerprint density at radius 3 is 2.53 bits per heavy atom. The van der Waals surface area contributed by atoms with Crippen LogP contribution in [0.3, 0.4) is 0 Å². The first-order valence-electron chi connectivity index (χ1n) is 6.23. The summed E-state index contributed by atoms with van der Waals surface area (Å²) in [6.07, 6.45) is 1.77. The number of halogens is 2. The highest BCUT2D eigenvalue weighted by Gasteiger charge is 2.16. The number of urea groups is 1. The van der Waals surface area contributed by atoms with Gasteiger partial charge in [0, 0.05) is 19.8 Å². The van der Waals surface area contributed by atoms with Gasteiger partial charge in [-0.3, -0.25) is 0 Å². The van der Waals surface area contributed by atoms with Crippen LogP contribution < -0.4 is 10.6 Å². The van der Waals surface area contributed by atoms with Crippen molar-refractivity contribution in [3.8, 4) is 0 Å². The van der Waals surface area contributed by atoms with E-state index in [4.69, 9.17) is 4.74 Å². The van der Waals surface area contributed by atoms with Crippen LogP contribution in [0.2, 0.25) is 0 Å². The Hall–Kier alpha value is -1.69. The first-order chi connectivity index (χ1) is 9.16. The molecule has 0 unspecified atom stereocenters. The van der Waals surface area contributed by atoms with Gasteiger partial charge in [0.25, 0.3) is 0 Å². The van der Waals surface area contributed by atoms with Gasteiger partial charge in [-0.05, 0) is 30.9 Å². The van der Waals surface area contributed by atoms with Crippen molar-refractivity contribution in [3.63, 3.8) is 0 Å². The zero-order chi connectivity index (χ0) is 13.7. The number of hydrogen-bond donors (Lipinski definition) is 2. The predicted octanol–water partition coefficient (Wildman–Crippen LogP) is 2.51. The average Bonchev–Trinajstić information content (AvgIpc) is 2.42. The van der Waals surface area contributed by atoms with Gasteiger partial charge >= 0.3 is 6.03 Å². The smallest absolute Gasteiger partial charge is 0.319 e. The minimum Gasteiger partial charge on any atom is -0.381 e. The van der Waals surface area contributed by atoms with E-state index < -0.39 is 23.4 Å². The minimum atomic E-state index is -0.791. The third kappa shape index (κ3) is 3.89. The highest BCUT2D eigenvalue weighted by Crippen LogP contribution is 2.18. The highest BCUT2D eigenvalue weighted by molar-refractivity contribution is 5.89. The van der Waals surface area contributed by atoms with Crippen molar-refractivity contribution >= 4 is 11.7 Å². The normalized spacial score (nSPS) is 16.1. The van der Waals surface area contributed by atoms with Crippen molar-refractivity contribution < 1.29 is 18.3 Å². The van der Waals surface area contributed by atoms with Crippen molar-refractivity contribution in [3.05, 3.63) is 29.8 Å². The molecular weight excluding hydrogens is 254 g/mol. The molecule has 19 heavy (non-hydrogen) atoms. The zero-order valence-electron chi connectivity index (χ0n) is 10.4. The molecular formula is C13H16F2N2O2.